The minimum Gasteiger partial charge on any atom is -0.481 e. The lowest BCUT2D eigenvalue weighted by Crippen LogP contribution is -2.68. The summed E-state index contributed by atoms with van der Waals surface area (Å²) >= 11 is 0. The quantitative estimate of drug-likeness (QED) is 0.251. The number of rotatable bonds is 8. The predicted molar refractivity (Wildman–Crippen MR) is 178 cm³/mol. The van der Waals surface area contributed by atoms with Crippen LogP contribution in [0.15, 0.2) is 11.6 Å². The Balaban J connectivity index is 1.55. The van der Waals surface area contributed by atoms with E-state index in [1.807, 2.05) is 6.92 Å². The second-order valence-electron chi connectivity index (χ2n) is 17.9. The van der Waals surface area contributed by atoms with E-state index in [0.29, 0.717) is 38.1 Å². The number of carbonyl (C=O) groups is 1. The highest BCUT2D eigenvalue weighted by Gasteiger charge is 2.71. The van der Waals surface area contributed by atoms with E-state index in [-0.39, 0.29) is 45.7 Å². The van der Waals surface area contributed by atoms with Gasteiger partial charge in [-0.2, -0.15) is 0 Å². The Morgan fingerprint density at radius 2 is 1.67 bits per heavy atom. The molecule has 0 aromatic rings. The summed E-state index contributed by atoms with van der Waals surface area (Å²) in [4.78, 5) is 13.4. The van der Waals surface area contributed by atoms with Gasteiger partial charge in [-0.05, 0) is 104 Å². The smallest absolute Gasteiger partial charge is 0.307 e. The minimum absolute atomic E-state index is 0.145. The number of allylic oxidation sites excluding steroid dienone is 1. The Morgan fingerprint density at radius 3 is 2.22 bits per heavy atom. The molecule has 0 spiro atoms. The van der Waals surface area contributed by atoms with Gasteiger partial charge in [0, 0.05) is 31.3 Å². The maximum absolute atomic E-state index is 13.4. The van der Waals surface area contributed by atoms with Crippen LogP contribution in [-0.2, 0) is 19.0 Å². The van der Waals surface area contributed by atoms with Crippen molar-refractivity contribution in [3.63, 3.8) is 0 Å². The lowest BCUT2D eigenvalue weighted by molar-refractivity contribution is -0.233. The number of ether oxygens (including phenoxy) is 3. The zero-order chi connectivity index (χ0) is 33.4. The molecule has 0 aromatic heterocycles. The summed E-state index contributed by atoms with van der Waals surface area (Å²) in [5, 5.41) is 22.9. The van der Waals surface area contributed by atoms with Crippen LogP contribution in [0, 0.1) is 56.7 Å². The first-order valence-corrected chi connectivity index (χ1v) is 18.0. The predicted octanol–water partition coefficient (Wildman–Crippen LogP) is 6.85. The fourth-order valence-electron chi connectivity index (χ4n) is 12.2. The van der Waals surface area contributed by atoms with E-state index >= 15 is 0 Å². The van der Waals surface area contributed by atoms with E-state index in [1.165, 1.54) is 5.57 Å². The Morgan fingerprint density at radius 1 is 1.02 bits per heavy atom. The SMILES string of the molecule is CO[C@@H]1C[C@]2([C@H](C)O)C3=CC[C@@]4(C)[C@H](C(=O)O)[C@@](C)([C@H](C)C(C)C)CC[C@]4(C)[C@H]3CC[C@H]2C(C)(C)[C@H]1OCC1(N)CCOCC1. The van der Waals surface area contributed by atoms with E-state index in [0.717, 1.165) is 44.9 Å². The van der Waals surface area contributed by atoms with Crippen LogP contribution in [0.4, 0.5) is 0 Å². The molecule has 11 atom stereocenters. The molecule has 45 heavy (non-hydrogen) atoms. The van der Waals surface area contributed by atoms with Crippen molar-refractivity contribution in [2.75, 3.05) is 26.9 Å². The van der Waals surface area contributed by atoms with Gasteiger partial charge in [-0.15, -0.1) is 0 Å². The second-order valence-corrected chi connectivity index (χ2v) is 17.9. The van der Waals surface area contributed by atoms with Gasteiger partial charge in [-0.3, -0.25) is 4.79 Å². The average Bonchev–Trinajstić information content (AvgIpc) is 2.96. The van der Waals surface area contributed by atoms with Gasteiger partial charge in [-0.1, -0.05) is 67.0 Å². The van der Waals surface area contributed by atoms with Crippen LogP contribution in [0.1, 0.15) is 114 Å². The fraction of sp³-hybridized carbons (Fsp3) is 0.921. The molecule has 5 rings (SSSR count). The number of carboxylic acids is 1. The number of nitrogens with two attached hydrogens (primary N) is 1. The molecule has 4 N–H and O–H groups in total. The maximum Gasteiger partial charge on any atom is 0.307 e. The number of aliphatic carboxylic acids is 1. The van der Waals surface area contributed by atoms with Gasteiger partial charge in [0.2, 0.25) is 0 Å². The number of aliphatic hydroxyl groups is 1. The van der Waals surface area contributed by atoms with Gasteiger partial charge in [0.15, 0.2) is 0 Å². The molecular weight excluding hydrogens is 566 g/mol. The summed E-state index contributed by atoms with van der Waals surface area (Å²) in [6.07, 6.45) is 8.41. The molecule has 0 unspecified atom stereocenters. The number of hydrogen-bond donors (Lipinski definition) is 3. The Hall–Kier alpha value is -0.990. The minimum atomic E-state index is -0.644. The summed E-state index contributed by atoms with van der Waals surface area (Å²) in [5.74, 6) is 0.0697. The molecule has 4 aliphatic carbocycles. The number of hydrogen-bond acceptors (Lipinski definition) is 6. The molecule has 0 amide bonds. The molecule has 0 radical (unpaired) electrons. The molecule has 7 heteroatoms. The standard InChI is InChI=1S/C38H65NO6/c1-23(2)24(3)34(7)15-16-35(8)26-11-12-29-33(5,6)31(45-22-37(39)17-19-44-20-18-37)28(43-10)21-38(29,25(4)40)27(26)13-14-36(35,9)30(34)32(41)42/h13,23-26,28-31,40H,11-12,14-22,39H2,1-10H3,(H,41,42)/t24-,25+,26+,28-,29+,30-,31+,34-,35-,36+,38+/m1/s1. The van der Waals surface area contributed by atoms with Crippen LogP contribution in [-0.4, -0.2) is 67.0 Å². The van der Waals surface area contributed by atoms with E-state index < -0.39 is 28.9 Å². The monoisotopic (exact) mass is 631 g/mol. The van der Waals surface area contributed by atoms with E-state index in [9.17, 15) is 15.0 Å². The highest BCUT2D eigenvalue weighted by atomic mass is 16.5. The van der Waals surface area contributed by atoms with Crippen molar-refractivity contribution in [1.29, 1.82) is 0 Å². The third-order valence-corrected chi connectivity index (χ3v) is 15.5. The van der Waals surface area contributed by atoms with Crippen LogP contribution >= 0.6 is 0 Å². The summed E-state index contributed by atoms with van der Waals surface area (Å²) in [6, 6.07) is 0. The zero-order valence-electron chi connectivity index (χ0n) is 30.1. The van der Waals surface area contributed by atoms with Gasteiger partial charge in [0.25, 0.3) is 0 Å². The topological polar surface area (TPSA) is 111 Å². The largest absolute Gasteiger partial charge is 0.481 e. The van der Waals surface area contributed by atoms with Gasteiger partial charge in [0.05, 0.1) is 30.8 Å². The van der Waals surface area contributed by atoms with Crippen LogP contribution in [0.2, 0.25) is 0 Å². The van der Waals surface area contributed by atoms with E-state index in [4.69, 9.17) is 19.9 Å². The maximum atomic E-state index is 13.4. The number of carboxylic acid groups (broad SMARTS) is 1. The Labute approximate surface area is 273 Å². The number of fused-ring (bicyclic) bond motifs is 5. The highest BCUT2D eigenvalue weighted by molar-refractivity contribution is 5.73. The van der Waals surface area contributed by atoms with Crippen molar-refractivity contribution >= 4 is 5.97 Å². The summed E-state index contributed by atoms with van der Waals surface area (Å²) in [5.41, 5.74) is 6.19. The lowest BCUT2D eigenvalue weighted by atomic mass is 9.34. The van der Waals surface area contributed by atoms with Crippen LogP contribution in [0.3, 0.4) is 0 Å². The molecule has 258 valence electrons. The van der Waals surface area contributed by atoms with Crippen molar-refractivity contribution in [3.8, 4) is 0 Å². The average molecular weight is 632 g/mol. The molecule has 3 saturated carbocycles. The highest BCUT2D eigenvalue weighted by Crippen LogP contribution is 2.74. The number of aliphatic hydroxyl groups excluding tert-OH is 1. The third-order valence-electron chi connectivity index (χ3n) is 15.5. The van der Waals surface area contributed by atoms with Gasteiger partial charge in [-0.25, -0.2) is 0 Å². The second kappa shape index (κ2) is 11.9. The van der Waals surface area contributed by atoms with E-state index in [1.54, 1.807) is 7.11 Å². The normalized spacial score (nSPS) is 45.4. The van der Waals surface area contributed by atoms with Crippen molar-refractivity contribution < 1.29 is 29.2 Å². The van der Waals surface area contributed by atoms with Crippen LogP contribution < -0.4 is 5.73 Å². The van der Waals surface area contributed by atoms with Crippen molar-refractivity contribution in [1.82, 2.24) is 0 Å². The molecule has 0 aromatic carbocycles. The summed E-state index contributed by atoms with van der Waals surface area (Å²) in [7, 11) is 1.78. The molecule has 1 aliphatic heterocycles. The molecule has 4 fully saturated rings. The fourth-order valence-corrected chi connectivity index (χ4v) is 12.2. The number of methoxy groups -OCH3 is 1. The first-order valence-electron chi connectivity index (χ1n) is 18.0. The van der Waals surface area contributed by atoms with Crippen molar-refractivity contribution in [2.24, 2.45) is 62.4 Å². The first-order chi connectivity index (χ1) is 20.9. The zero-order valence-corrected chi connectivity index (χ0v) is 30.1. The summed E-state index contributed by atoms with van der Waals surface area (Å²) < 4.78 is 18.7. The van der Waals surface area contributed by atoms with Crippen LogP contribution in [0.25, 0.3) is 0 Å². The third kappa shape index (κ3) is 5.11. The van der Waals surface area contributed by atoms with Crippen molar-refractivity contribution in [2.45, 2.75) is 138 Å². The Bertz CT molecular complexity index is 1140. The molecule has 7 nitrogen and oxygen atoms in total. The molecular formula is C38H65NO6. The lowest BCUT2D eigenvalue weighted by Gasteiger charge is -2.70. The molecule has 5 aliphatic rings. The van der Waals surface area contributed by atoms with Gasteiger partial charge < -0.3 is 30.2 Å². The Kier molecular flexibility index (Phi) is 9.31. The molecule has 1 heterocycles. The van der Waals surface area contributed by atoms with Gasteiger partial charge in [0.1, 0.15) is 0 Å². The first kappa shape index (κ1) is 35.3. The summed E-state index contributed by atoms with van der Waals surface area (Å²) in [6.45, 7) is 22.1. The van der Waals surface area contributed by atoms with E-state index in [2.05, 4.69) is 61.5 Å². The molecule has 0 bridgehead atoms. The van der Waals surface area contributed by atoms with Crippen molar-refractivity contribution in [3.05, 3.63) is 11.6 Å². The van der Waals surface area contributed by atoms with Gasteiger partial charge >= 0.3 is 5.97 Å². The van der Waals surface area contributed by atoms with Crippen LogP contribution in [0.5, 0.6) is 0 Å². The molecule has 1 saturated heterocycles.